The second kappa shape index (κ2) is 14.0. The third-order valence-corrected chi connectivity index (χ3v) is 5.81. The highest BCUT2D eigenvalue weighted by Gasteiger charge is 2.49. The van der Waals surface area contributed by atoms with Crippen LogP contribution in [0.25, 0.3) is 0 Å². The maximum absolute atomic E-state index is 12.8. The van der Waals surface area contributed by atoms with Gasteiger partial charge in [-0.3, -0.25) is 9.59 Å². The van der Waals surface area contributed by atoms with Gasteiger partial charge in [-0.25, -0.2) is 0 Å². The molecule has 1 aliphatic rings. The van der Waals surface area contributed by atoms with Crippen LogP contribution in [-0.4, -0.2) is 25.2 Å². The first-order valence-corrected chi connectivity index (χ1v) is 11.7. The summed E-state index contributed by atoms with van der Waals surface area (Å²) in [6, 6.07) is 0. The van der Waals surface area contributed by atoms with Crippen molar-refractivity contribution in [1.29, 1.82) is 0 Å². The van der Waals surface area contributed by atoms with E-state index in [0.29, 0.717) is 37.9 Å². The lowest BCUT2D eigenvalue weighted by molar-refractivity contribution is -0.175. The maximum Gasteiger partial charge on any atom is 0.323 e. The van der Waals surface area contributed by atoms with Crippen molar-refractivity contribution in [1.82, 2.24) is 0 Å². The largest absolute Gasteiger partial charge is 0.465 e. The van der Waals surface area contributed by atoms with E-state index in [4.69, 9.17) is 9.47 Å². The summed E-state index contributed by atoms with van der Waals surface area (Å²) in [5.74, 6) is 0.739. The van der Waals surface area contributed by atoms with Crippen molar-refractivity contribution in [3.8, 4) is 0 Å². The van der Waals surface area contributed by atoms with Gasteiger partial charge in [0.05, 0.1) is 13.2 Å². The van der Waals surface area contributed by atoms with E-state index in [2.05, 4.69) is 27.7 Å². The Morgan fingerprint density at radius 1 is 0.679 bits per heavy atom. The molecule has 1 aliphatic carbocycles. The Morgan fingerprint density at radius 2 is 1.11 bits per heavy atom. The van der Waals surface area contributed by atoms with E-state index in [0.717, 1.165) is 44.9 Å². The molecule has 164 valence electrons. The Bertz CT molecular complexity index is 402. The Morgan fingerprint density at radius 3 is 1.50 bits per heavy atom. The molecular formula is C24H44O4. The van der Waals surface area contributed by atoms with Crippen molar-refractivity contribution in [2.45, 2.75) is 111 Å². The second-order valence-electron chi connectivity index (χ2n) is 9.40. The average molecular weight is 397 g/mol. The fraction of sp³-hybridized carbons (Fsp3) is 0.917. The summed E-state index contributed by atoms with van der Waals surface area (Å²) in [6.07, 6.45) is 12.7. The quantitative estimate of drug-likeness (QED) is 0.192. The van der Waals surface area contributed by atoms with Crippen LogP contribution in [0.1, 0.15) is 111 Å². The minimum absolute atomic E-state index is 0.346. The maximum atomic E-state index is 12.8. The molecule has 0 unspecified atom stereocenters. The van der Waals surface area contributed by atoms with Crippen LogP contribution in [0.2, 0.25) is 0 Å². The van der Waals surface area contributed by atoms with Crippen LogP contribution in [-0.2, 0) is 19.1 Å². The van der Waals surface area contributed by atoms with Crippen molar-refractivity contribution in [2.75, 3.05) is 13.2 Å². The summed E-state index contributed by atoms with van der Waals surface area (Å²) < 4.78 is 11.1. The van der Waals surface area contributed by atoms with Crippen molar-refractivity contribution < 1.29 is 19.1 Å². The highest BCUT2D eigenvalue weighted by atomic mass is 16.6. The number of ether oxygens (including phenoxy) is 2. The van der Waals surface area contributed by atoms with Gasteiger partial charge in [0.15, 0.2) is 5.41 Å². The van der Waals surface area contributed by atoms with Crippen LogP contribution in [0, 0.1) is 17.3 Å². The molecule has 0 aromatic rings. The van der Waals surface area contributed by atoms with Gasteiger partial charge in [0.25, 0.3) is 0 Å². The van der Waals surface area contributed by atoms with E-state index in [1.807, 2.05) is 0 Å². The number of rotatable bonds is 14. The van der Waals surface area contributed by atoms with Crippen LogP contribution in [0.15, 0.2) is 0 Å². The van der Waals surface area contributed by atoms with Gasteiger partial charge < -0.3 is 9.47 Å². The molecule has 1 fully saturated rings. The molecule has 0 aromatic heterocycles. The first-order valence-electron chi connectivity index (χ1n) is 11.7. The molecular weight excluding hydrogens is 352 g/mol. The molecule has 0 amide bonds. The molecule has 1 saturated carbocycles. The van der Waals surface area contributed by atoms with Gasteiger partial charge in [0.1, 0.15) is 0 Å². The predicted molar refractivity (Wildman–Crippen MR) is 114 cm³/mol. The molecule has 28 heavy (non-hydrogen) atoms. The molecule has 0 radical (unpaired) electrons. The Hall–Kier alpha value is -1.06. The van der Waals surface area contributed by atoms with E-state index in [1.165, 1.54) is 25.7 Å². The summed E-state index contributed by atoms with van der Waals surface area (Å²) in [5.41, 5.74) is -1.05. The van der Waals surface area contributed by atoms with Crippen LogP contribution in [0.5, 0.6) is 0 Å². The van der Waals surface area contributed by atoms with Gasteiger partial charge in [-0.15, -0.1) is 0 Å². The molecule has 0 aromatic carbocycles. The fourth-order valence-corrected chi connectivity index (χ4v) is 3.92. The minimum Gasteiger partial charge on any atom is -0.465 e. The Labute approximate surface area is 173 Å². The molecule has 0 heterocycles. The van der Waals surface area contributed by atoms with Crippen LogP contribution in [0.4, 0.5) is 0 Å². The molecule has 0 atom stereocenters. The third kappa shape index (κ3) is 9.43. The predicted octanol–water partition coefficient (Wildman–Crippen LogP) is 6.46. The van der Waals surface area contributed by atoms with Crippen molar-refractivity contribution >= 4 is 11.9 Å². The lowest BCUT2D eigenvalue weighted by atomic mass is 9.74. The number of carbonyl (C=O) groups is 2. The molecule has 0 spiro atoms. The highest BCUT2D eigenvalue weighted by molar-refractivity contribution is 6.00. The van der Waals surface area contributed by atoms with E-state index in [-0.39, 0.29) is 11.9 Å². The van der Waals surface area contributed by atoms with Gasteiger partial charge in [0.2, 0.25) is 0 Å². The molecule has 0 saturated heterocycles. The van der Waals surface area contributed by atoms with E-state index < -0.39 is 5.41 Å². The number of esters is 2. The monoisotopic (exact) mass is 396 g/mol. The van der Waals surface area contributed by atoms with Gasteiger partial charge >= 0.3 is 11.9 Å². The third-order valence-electron chi connectivity index (χ3n) is 5.81. The summed E-state index contributed by atoms with van der Waals surface area (Å²) in [5, 5.41) is 0. The lowest BCUT2D eigenvalue weighted by Crippen LogP contribution is -2.43. The van der Waals surface area contributed by atoms with Crippen molar-refractivity contribution in [3.05, 3.63) is 0 Å². The Balaban J connectivity index is 2.39. The molecule has 1 rings (SSSR count). The van der Waals surface area contributed by atoms with E-state index >= 15 is 0 Å². The van der Waals surface area contributed by atoms with Gasteiger partial charge in [0, 0.05) is 0 Å². The molecule has 4 heteroatoms. The summed E-state index contributed by atoms with van der Waals surface area (Å²) in [6.45, 7) is 9.74. The van der Waals surface area contributed by atoms with Crippen LogP contribution in [0.3, 0.4) is 0 Å². The zero-order valence-corrected chi connectivity index (χ0v) is 18.9. The van der Waals surface area contributed by atoms with Crippen molar-refractivity contribution in [2.24, 2.45) is 17.3 Å². The molecule has 4 nitrogen and oxygen atoms in total. The lowest BCUT2D eigenvalue weighted by Gasteiger charge is -2.32. The summed E-state index contributed by atoms with van der Waals surface area (Å²) in [4.78, 5) is 25.6. The normalized spacial score (nSPS) is 16.4. The first kappa shape index (κ1) is 25.0. The summed E-state index contributed by atoms with van der Waals surface area (Å²) >= 11 is 0. The minimum atomic E-state index is -1.05. The number of carbonyl (C=O) groups excluding carboxylic acids is 2. The Kier molecular flexibility index (Phi) is 12.5. The fourth-order valence-electron chi connectivity index (χ4n) is 3.92. The van der Waals surface area contributed by atoms with Crippen LogP contribution >= 0.6 is 0 Å². The first-order chi connectivity index (χ1) is 13.4. The molecule has 0 bridgehead atoms. The van der Waals surface area contributed by atoms with Crippen LogP contribution < -0.4 is 0 Å². The topological polar surface area (TPSA) is 52.6 Å². The number of hydrogen-bond donors (Lipinski definition) is 0. The highest BCUT2D eigenvalue weighted by Crippen LogP contribution is 2.39. The number of hydrogen-bond acceptors (Lipinski definition) is 4. The second-order valence-corrected chi connectivity index (χ2v) is 9.40. The summed E-state index contributed by atoms with van der Waals surface area (Å²) in [7, 11) is 0. The van der Waals surface area contributed by atoms with Gasteiger partial charge in [-0.2, -0.15) is 0 Å². The molecule has 0 aliphatic heterocycles. The van der Waals surface area contributed by atoms with Crippen molar-refractivity contribution in [3.63, 3.8) is 0 Å². The molecule has 0 N–H and O–H groups in total. The standard InChI is InChI=1S/C24H44O4/c1-20(2)14-8-5-12-18-27-22(25)24(16-10-7-11-17-24)23(26)28-19-13-6-9-15-21(3)4/h20-21H,5-19H2,1-4H3. The zero-order valence-electron chi connectivity index (χ0n) is 18.9. The van der Waals surface area contributed by atoms with Gasteiger partial charge in [-0.1, -0.05) is 85.5 Å². The zero-order chi connectivity index (χ0) is 20.8. The van der Waals surface area contributed by atoms with E-state index in [9.17, 15) is 9.59 Å². The average Bonchev–Trinajstić information content (AvgIpc) is 2.66. The number of unbranched alkanes of at least 4 members (excludes halogenated alkanes) is 4. The SMILES string of the molecule is CC(C)CCCCCOC(=O)C1(C(=O)OCCCCCC(C)C)CCCCC1. The van der Waals surface area contributed by atoms with Gasteiger partial charge in [-0.05, 0) is 37.5 Å². The van der Waals surface area contributed by atoms with E-state index in [1.54, 1.807) is 0 Å². The smallest absolute Gasteiger partial charge is 0.323 e.